The first-order chi connectivity index (χ1) is 8.76. The van der Waals surface area contributed by atoms with E-state index in [2.05, 4.69) is 4.98 Å². The molecule has 1 heterocycles. The minimum atomic E-state index is -0.215. The summed E-state index contributed by atoms with van der Waals surface area (Å²) in [5.41, 5.74) is 1.10. The van der Waals surface area contributed by atoms with Crippen molar-refractivity contribution in [2.45, 2.75) is 13.2 Å². The van der Waals surface area contributed by atoms with E-state index in [0.717, 1.165) is 0 Å². The molecule has 18 heavy (non-hydrogen) atoms. The van der Waals surface area contributed by atoms with Crippen LogP contribution in [0, 0.1) is 0 Å². The second-order valence-electron chi connectivity index (χ2n) is 3.51. The van der Waals surface area contributed by atoms with E-state index in [1.165, 1.54) is 13.4 Å². The SMILES string of the molecule is COc1cc(CO)ccc1Oc1nc(CO)co1. The van der Waals surface area contributed by atoms with Crippen molar-refractivity contribution < 1.29 is 24.1 Å². The van der Waals surface area contributed by atoms with E-state index < -0.39 is 0 Å². The molecule has 0 spiro atoms. The number of benzene rings is 1. The van der Waals surface area contributed by atoms with E-state index in [0.29, 0.717) is 22.8 Å². The molecule has 2 rings (SSSR count). The molecule has 2 N–H and O–H groups in total. The Morgan fingerprint density at radius 3 is 2.67 bits per heavy atom. The molecule has 6 nitrogen and oxygen atoms in total. The first-order valence-corrected chi connectivity index (χ1v) is 5.27. The van der Waals surface area contributed by atoms with Crippen LogP contribution in [0.5, 0.6) is 17.6 Å². The maximum Gasteiger partial charge on any atom is 0.399 e. The highest BCUT2D eigenvalue weighted by molar-refractivity contribution is 5.43. The molecule has 0 bridgehead atoms. The van der Waals surface area contributed by atoms with E-state index in [9.17, 15) is 0 Å². The maximum atomic E-state index is 9.02. The third-order valence-corrected chi connectivity index (χ3v) is 2.30. The van der Waals surface area contributed by atoms with Gasteiger partial charge in [0.25, 0.3) is 0 Å². The van der Waals surface area contributed by atoms with Gasteiger partial charge in [-0.2, -0.15) is 4.98 Å². The smallest absolute Gasteiger partial charge is 0.399 e. The van der Waals surface area contributed by atoms with E-state index in [1.54, 1.807) is 18.2 Å². The van der Waals surface area contributed by atoms with Crippen LogP contribution in [0.3, 0.4) is 0 Å². The van der Waals surface area contributed by atoms with Gasteiger partial charge in [-0.05, 0) is 17.7 Å². The summed E-state index contributed by atoms with van der Waals surface area (Å²) < 4.78 is 15.5. The predicted molar refractivity (Wildman–Crippen MR) is 61.4 cm³/mol. The number of aromatic nitrogens is 1. The number of nitrogens with zero attached hydrogens (tertiary/aromatic N) is 1. The fourth-order valence-corrected chi connectivity index (χ4v) is 1.40. The molecule has 0 atom stereocenters. The van der Waals surface area contributed by atoms with Crippen molar-refractivity contribution >= 4 is 0 Å². The summed E-state index contributed by atoms with van der Waals surface area (Å²) in [7, 11) is 1.50. The summed E-state index contributed by atoms with van der Waals surface area (Å²) in [6.45, 7) is -0.294. The van der Waals surface area contributed by atoms with E-state index in [-0.39, 0.29) is 19.3 Å². The van der Waals surface area contributed by atoms with Crippen LogP contribution in [0.1, 0.15) is 11.3 Å². The van der Waals surface area contributed by atoms with Crippen molar-refractivity contribution in [2.24, 2.45) is 0 Å². The monoisotopic (exact) mass is 251 g/mol. The Balaban J connectivity index is 2.22. The van der Waals surface area contributed by atoms with Crippen molar-refractivity contribution in [3.63, 3.8) is 0 Å². The molecule has 96 valence electrons. The molecule has 2 aromatic rings. The van der Waals surface area contributed by atoms with E-state index in [1.807, 2.05) is 0 Å². The molecule has 0 aliphatic heterocycles. The lowest BCUT2D eigenvalue weighted by Crippen LogP contribution is -1.93. The van der Waals surface area contributed by atoms with Gasteiger partial charge in [0.2, 0.25) is 0 Å². The van der Waals surface area contributed by atoms with Gasteiger partial charge in [0, 0.05) is 0 Å². The third-order valence-electron chi connectivity index (χ3n) is 2.30. The molecule has 0 fully saturated rings. The van der Waals surface area contributed by atoms with E-state index in [4.69, 9.17) is 24.1 Å². The first-order valence-electron chi connectivity index (χ1n) is 5.27. The van der Waals surface area contributed by atoms with E-state index >= 15 is 0 Å². The van der Waals surface area contributed by atoms with Crippen LogP contribution in [0.2, 0.25) is 0 Å². The number of hydrogen-bond acceptors (Lipinski definition) is 6. The minimum Gasteiger partial charge on any atom is -0.493 e. The quantitative estimate of drug-likeness (QED) is 0.836. The fraction of sp³-hybridized carbons (Fsp3) is 0.250. The summed E-state index contributed by atoms with van der Waals surface area (Å²) in [5.74, 6) is 0.881. The molecule has 0 saturated carbocycles. The summed E-state index contributed by atoms with van der Waals surface area (Å²) in [5, 5.41) is 17.9. The summed E-state index contributed by atoms with van der Waals surface area (Å²) in [6, 6.07) is 5.01. The molecular weight excluding hydrogens is 238 g/mol. The standard InChI is InChI=1S/C12H13NO5/c1-16-11-4-8(5-14)2-3-10(11)18-12-13-9(6-15)7-17-12/h2-4,7,14-15H,5-6H2,1H3. The summed E-state index contributed by atoms with van der Waals surface area (Å²) in [6.07, 6.45) is 1.33. The number of methoxy groups -OCH3 is 1. The van der Waals surface area contributed by atoms with Crippen molar-refractivity contribution in [1.29, 1.82) is 0 Å². The zero-order valence-electron chi connectivity index (χ0n) is 9.79. The van der Waals surface area contributed by atoms with Crippen LogP contribution in [0.15, 0.2) is 28.9 Å². The van der Waals surface area contributed by atoms with Gasteiger partial charge < -0.3 is 24.1 Å². The molecular formula is C12H13NO5. The van der Waals surface area contributed by atoms with Crippen LogP contribution < -0.4 is 9.47 Å². The highest BCUT2D eigenvalue weighted by Gasteiger charge is 2.10. The average molecular weight is 251 g/mol. The lowest BCUT2D eigenvalue weighted by Gasteiger charge is -2.08. The van der Waals surface area contributed by atoms with Crippen molar-refractivity contribution in [3.05, 3.63) is 35.7 Å². The van der Waals surface area contributed by atoms with Crippen LogP contribution in [-0.2, 0) is 13.2 Å². The van der Waals surface area contributed by atoms with Gasteiger partial charge in [0.1, 0.15) is 12.0 Å². The minimum absolute atomic E-state index is 0.0223. The molecule has 0 aliphatic carbocycles. The summed E-state index contributed by atoms with van der Waals surface area (Å²) in [4.78, 5) is 3.90. The normalized spacial score (nSPS) is 10.4. The van der Waals surface area contributed by atoms with Gasteiger partial charge >= 0.3 is 6.08 Å². The Morgan fingerprint density at radius 2 is 2.06 bits per heavy atom. The lowest BCUT2D eigenvalue weighted by molar-refractivity contribution is 0.276. The van der Waals surface area contributed by atoms with Gasteiger partial charge in [-0.1, -0.05) is 6.07 Å². The number of aliphatic hydroxyl groups excluding tert-OH is 2. The second kappa shape index (κ2) is 5.52. The van der Waals surface area contributed by atoms with Crippen molar-refractivity contribution in [1.82, 2.24) is 4.98 Å². The molecule has 0 radical (unpaired) electrons. The highest BCUT2D eigenvalue weighted by Crippen LogP contribution is 2.31. The van der Waals surface area contributed by atoms with Gasteiger partial charge in [-0.3, -0.25) is 0 Å². The van der Waals surface area contributed by atoms with Crippen molar-refractivity contribution in [3.8, 4) is 17.6 Å². The lowest BCUT2D eigenvalue weighted by atomic mass is 10.2. The molecule has 1 aromatic heterocycles. The highest BCUT2D eigenvalue weighted by atomic mass is 16.6. The topological polar surface area (TPSA) is 85.0 Å². The van der Waals surface area contributed by atoms with Crippen molar-refractivity contribution in [2.75, 3.05) is 7.11 Å². The number of rotatable bonds is 5. The van der Waals surface area contributed by atoms with Gasteiger partial charge in [0.15, 0.2) is 11.5 Å². The molecule has 0 saturated heterocycles. The average Bonchev–Trinajstić information content (AvgIpc) is 2.87. The number of ether oxygens (including phenoxy) is 2. The predicted octanol–water partition coefficient (Wildman–Crippen LogP) is 1.46. The third kappa shape index (κ3) is 2.61. The number of aliphatic hydroxyl groups is 2. The largest absolute Gasteiger partial charge is 0.493 e. The Bertz CT molecular complexity index is 523. The van der Waals surface area contributed by atoms with Crippen LogP contribution in [-0.4, -0.2) is 22.3 Å². The van der Waals surface area contributed by atoms with Crippen LogP contribution in [0.4, 0.5) is 0 Å². The van der Waals surface area contributed by atoms with Gasteiger partial charge in [0.05, 0.1) is 20.3 Å². The zero-order chi connectivity index (χ0) is 13.0. The molecule has 0 aliphatic rings. The Kier molecular flexibility index (Phi) is 3.81. The van der Waals surface area contributed by atoms with Crippen LogP contribution in [0.25, 0.3) is 0 Å². The van der Waals surface area contributed by atoms with Gasteiger partial charge in [-0.25, -0.2) is 0 Å². The molecule has 6 heteroatoms. The number of hydrogen-bond donors (Lipinski definition) is 2. The molecule has 1 aromatic carbocycles. The molecule has 0 amide bonds. The first kappa shape index (κ1) is 12.4. The zero-order valence-corrected chi connectivity index (χ0v) is 9.79. The Morgan fingerprint density at radius 1 is 1.22 bits per heavy atom. The van der Waals surface area contributed by atoms with Crippen LogP contribution >= 0.6 is 0 Å². The second-order valence-corrected chi connectivity index (χ2v) is 3.51. The Labute approximate surface area is 103 Å². The molecule has 0 unspecified atom stereocenters. The number of oxazole rings is 1. The van der Waals surface area contributed by atoms with Gasteiger partial charge in [-0.15, -0.1) is 0 Å². The fourth-order valence-electron chi connectivity index (χ4n) is 1.40. The Hall–Kier alpha value is -2.05. The maximum absolute atomic E-state index is 9.02. The summed E-state index contributed by atoms with van der Waals surface area (Å²) >= 11 is 0.